The van der Waals surface area contributed by atoms with Crippen LogP contribution in [0.3, 0.4) is 0 Å². The molecule has 0 saturated heterocycles. The number of ether oxygens (including phenoxy) is 1. The topological polar surface area (TPSA) is 72.8 Å². The van der Waals surface area contributed by atoms with Crippen molar-refractivity contribution in [3.8, 4) is 16.5 Å². The van der Waals surface area contributed by atoms with Crippen molar-refractivity contribution in [1.29, 1.82) is 0 Å². The third kappa shape index (κ3) is 3.64. The number of methoxy groups -OCH3 is 1. The molecule has 1 aromatic carbocycles. The second-order valence-electron chi connectivity index (χ2n) is 6.28. The van der Waals surface area contributed by atoms with E-state index in [1.165, 1.54) is 0 Å². The van der Waals surface area contributed by atoms with Gasteiger partial charge in [0, 0.05) is 30.9 Å². The van der Waals surface area contributed by atoms with Gasteiger partial charge in [-0.1, -0.05) is 6.07 Å². The van der Waals surface area contributed by atoms with Crippen LogP contribution in [0, 0.1) is 0 Å². The number of unbranched alkanes of at least 4 members (excludes halogenated alkanes) is 1. The number of hydrogen-bond acceptors (Lipinski definition) is 5. The Morgan fingerprint density at radius 3 is 2.96 bits per heavy atom. The molecule has 4 rings (SSSR count). The van der Waals surface area contributed by atoms with Gasteiger partial charge in [-0.05, 0) is 36.4 Å². The fraction of sp³-hybridized carbons (Fsp3) is 0.250. The van der Waals surface area contributed by atoms with E-state index in [9.17, 15) is 4.79 Å². The number of imidazole rings is 2. The first-order valence-corrected chi connectivity index (χ1v) is 9.74. The summed E-state index contributed by atoms with van der Waals surface area (Å²) in [6.07, 6.45) is 7.75. The van der Waals surface area contributed by atoms with Gasteiger partial charge in [0.15, 0.2) is 5.78 Å². The van der Waals surface area contributed by atoms with Crippen LogP contribution in [-0.2, 0) is 6.54 Å². The first kappa shape index (κ1) is 17.5. The van der Waals surface area contributed by atoms with E-state index in [0.717, 1.165) is 35.6 Å². The normalized spacial score (nSPS) is 11.1. The van der Waals surface area contributed by atoms with Crippen LogP contribution in [0.4, 0.5) is 0 Å². The van der Waals surface area contributed by atoms with E-state index in [1.807, 2.05) is 40.4 Å². The molecule has 0 bridgehead atoms. The van der Waals surface area contributed by atoms with Gasteiger partial charge < -0.3 is 14.3 Å². The summed E-state index contributed by atoms with van der Waals surface area (Å²) in [7, 11) is 1.62. The zero-order chi connectivity index (χ0) is 18.6. The lowest BCUT2D eigenvalue weighted by molar-refractivity contribution is 0.0980. The van der Waals surface area contributed by atoms with Crippen LogP contribution < -0.4 is 4.74 Å². The number of aryl methyl sites for hydroxylation is 1. The van der Waals surface area contributed by atoms with Crippen molar-refractivity contribution in [3.63, 3.8) is 0 Å². The summed E-state index contributed by atoms with van der Waals surface area (Å²) in [6.45, 7) is 0.871. The predicted molar refractivity (Wildman–Crippen MR) is 106 cm³/mol. The Balaban J connectivity index is 1.54. The Bertz CT molecular complexity index is 1040. The third-order valence-electron chi connectivity index (χ3n) is 4.51. The number of aromatic nitrogens is 4. The number of aromatic amines is 1. The third-order valence-corrected chi connectivity index (χ3v) is 5.39. The first-order chi connectivity index (χ1) is 13.3. The minimum absolute atomic E-state index is 0.109. The summed E-state index contributed by atoms with van der Waals surface area (Å²) >= 11 is 1.61. The van der Waals surface area contributed by atoms with Crippen LogP contribution in [0.5, 0.6) is 5.75 Å². The number of carbonyl (C=O) groups is 1. The molecule has 0 aliphatic rings. The second kappa shape index (κ2) is 7.75. The van der Waals surface area contributed by atoms with Crippen molar-refractivity contribution in [2.75, 3.05) is 7.11 Å². The Morgan fingerprint density at radius 2 is 2.22 bits per heavy atom. The number of ketones is 1. The average molecular weight is 380 g/mol. The minimum atomic E-state index is 0.109. The van der Waals surface area contributed by atoms with Crippen molar-refractivity contribution in [2.24, 2.45) is 0 Å². The monoisotopic (exact) mass is 380 g/mol. The number of hydrogen-bond donors (Lipinski definition) is 1. The number of carbonyl (C=O) groups excluding carboxylic acids is 1. The Labute approximate surface area is 160 Å². The van der Waals surface area contributed by atoms with Crippen LogP contribution >= 0.6 is 11.3 Å². The molecular weight excluding hydrogens is 360 g/mol. The summed E-state index contributed by atoms with van der Waals surface area (Å²) in [4.78, 5) is 25.9. The van der Waals surface area contributed by atoms with Gasteiger partial charge >= 0.3 is 0 Å². The van der Waals surface area contributed by atoms with E-state index in [0.29, 0.717) is 23.3 Å². The highest BCUT2D eigenvalue weighted by Gasteiger charge is 2.18. The van der Waals surface area contributed by atoms with Gasteiger partial charge in [-0.25, -0.2) is 9.97 Å². The molecule has 138 valence electrons. The summed E-state index contributed by atoms with van der Waals surface area (Å²) in [5.74, 6) is 1.56. The number of benzene rings is 1. The molecular formula is C20H20N4O2S. The van der Waals surface area contributed by atoms with Crippen molar-refractivity contribution in [1.82, 2.24) is 19.5 Å². The molecule has 0 spiro atoms. The molecule has 0 aliphatic carbocycles. The predicted octanol–water partition coefficient (Wildman–Crippen LogP) is 4.55. The molecule has 0 amide bonds. The lowest BCUT2D eigenvalue weighted by Gasteiger charge is -2.06. The van der Waals surface area contributed by atoms with Crippen molar-refractivity contribution >= 4 is 28.2 Å². The molecule has 0 saturated carbocycles. The SMILES string of the molecule is COc1ccc(C(=O)CCCCn2ccnc2)c2nc(-c3cccs3)[nH]c12. The number of H-pyrrole nitrogens is 1. The fourth-order valence-electron chi connectivity index (χ4n) is 3.13. The molecule has 7 heteroatoms. The molecule has 6 nitrogen and oxygen atoms in total. The lowest BCUT2D eigenvalue weighted by atomic mass is 10.0. The first-order valence-electron chi connectivity index (χ1n) is 8.86. The van der Waals surface area contributed by atoms with E-state index >= 15 is 0 Å². The van der Waals surface area contributed by atoms with Gasteiger partial charge in [-0.15, -0.1) is 11.3 Å². The van der Waals surface area contributed by atoms with Gasteiger partial charge in [0.1, 0.15) is 22.6 Å². The van der Waals surface area contributed by atoms with E-state index in [2.05, 4.69) is 9.97 Å². The van der Waals surface area contributed by atoms with E-state index in [-0.39, 0.29) is 5.78 Å². The van der Waals surface area contributed by atoms with E-state index in [4.69, 9.17) is 9.72 Å². The smallest absolute Gasteiger partial charge is 0.165 e. The maximum Gasteiger partial charge on any atom is 0.165 e. The summed E-state index contributed by atoms with van der Waals surface area (Å²) < 4.78 is 7.47. The molecule has 4 aromatic rings. The van der Waals surface area contributed by atoms with Gasteiger partial charge in [-0.2, -0.15) is 0 Å². The van der Waals surface area contributed by atoms with E-state index in [1.54, 1.807) is 31.0 Å². The highest BCUT2D eigenvalue weighted by atomic mass is 32.1. The summed E-state index contributed by atoms with van der Waals surface area (Å²) in [5.41, 5.74) is 2.09. The average Bonchev–Trinajstić information content (AvgIpc) is 3.44. The van der Waals surface area contributed by atoms with Crippen LogP contribution in [-0.4, -0.2) is 32.4 Å². The molecule has 0 fully saturated rings. The molecule has 0 atom stereocenters. The Kier molecular flexibility index (Phi) is 5.02. The van der Waals surface area contributed by atoms with Crippen LogP contribution in [0.1, 0.15) is 29.6 Å². The number of thiophene rings is 1. The minimum Gasteiger partial charge on any atom is -0.494 e. The molecule has 1 N–H and O–H groups in total. The summed E-state index contributed by atoms with van der Waals surface area (Å²) in [5, 5.41) is 2.01. The quantitative estimate of drug-likeness (QED) is 0.359. The van der Waals surface area contributed by atoms with Crippen molar-refractivity contribution < 1.29 is 9.53 Å². The zero-order valence-corrected chi connectivity index (χ0v) is 15.8. The molecule has 0 aliphatic heterocycles. The highest BCUT2D eigenvalue weighted by molar-refractivity contribution is 7.13. The van der Waals surface area contributed by atoms with Crippen molar-refractivity contribution in [2.45, 2.75) is 25.8 Å². The Hall–Kier alpha value is -2.93. The maximum atomic E-state index is 12.8. The van der Waals surface area contributed by atoms with Crippen LogP contribution in [0.15, 0.2) is 48.4 Å². The lowest BCUT2D eigenvalue weighted by Crippen LogP contribution is -2.02. The van der Waals surface area contributed by atoms with Gasteiger partial charge in [0.05, 0.1) is 18.3 Å². The largest absolute Gasteiger partial charge is 0.494 e. The van der Waals surface area contributed by atoms with Crippen molar-refractivity contribution in [3.05, 3.63) is 53.9 Å². The number of fused-ring (bicyclic) bond motifs is 1. The maximum absolute atomic E-state index is 12.8. The number of Topliss-reactive ketones (excluding diaryl/α,β-unsaturated/α-hetero) is 1. The Morgan fingerprint density at radius 1 is 1.30 bits per heavy atom. The second-order valence-corrected chi connectivity index (χ2v) is 7.23. The number of nitrogens with one attached hydrogen (secondary N) is 1. The standard InChI is InChI=1S/C20H20N4O2S/c1-26-16-8-7-14(15(25)5-2-3-10-24-11-9-21-13-24)18-19(16)23-20(22-18)17-6-4-12-27-17/h4,6-9,11-13H,2-3,5,10H2,1H3,(H,22,23). The molecule has 27 heavy (non-hydrogen) atoms. The zero-order valence-electron chi connectivity index (χ0n) is 15.0. The van der Waals surface area contributed by atoms with Crippen LogP contribution in [0.25, 0.3) is 21.7 Å². The van der Waals surface area contributed by atoms with Crippen LogP contribution in [0.2, 0.25) is 0 Å². The number of rotatable bonds is 8. The summed E-state index contributed by atoms with van der Waals surface area (Å²) in [6, 6.07) is 7.64. The number of nitrogens with zero attached hydrogens (tertiary/aromatic N) is 3. The fourth-order valence-corrected chi connectivity index (χ4v) is 3.80. The van der Waals surface area contributed by atoms with Gasteiger partial charge in [0.2, 0.25) is 0 Å². The van der Waals surface area contributed by atoms with Gasteiger partial charge in [-0.3, -0.25) is 4.79 Å². The molecule has 0 radical (unpaired) electrons. The van der Waals surface area contributed by atoms with Gasteiger partial charge in [0.25, 0.3) is 0 Å². The molecule has 0 unspecified atom stereocenters. The molecule has 3 aromatic heterocycles. The molecule has 3 heterocycles. The highest BCUT2D eigenvalue weighted by Crippen LogP contribution is 2.32. The van der Waals surface area contributed by atoms with E-state index < -0.39 is 0 Å².